The van der Waals surface area contributed by atoms with Gasteiger partial charge in [-0.1, -0.05) is 18.2 Å². The van der Waals surface area contributed by atoms with Crippen molar-refractivity contribution in [3.8, 4) is 5.75 Å². The molecule has 0 aliphatic carbocycles. The minimum atomic E-state index is -2.98. The van der Waals surface area contributed by atoms with E-state index in [1.54, 1.807) is 0 Å². The largest absolute Gasteiger partial charge is 0.492 e. The van der Waals surface area contributed by atoms with Gasteiger partial charge in [-0.25, -0.2) is 8.42 Å². The number of guanidine groups is 1. The Morgan fingerprint density at radius 1 is 1.10 bits per heavy atom. The molecule has 0 radical (unpaired) electrons. The fourth-order valence-corrected chi connectivity index (χ4v) is 3.37. The topological polar surface area (TPSA) is 83.5 Å². The van der Waals surface area contributed by atoms with E-state index in [-0.39, 0.29) is 12.4 Å². The summed E-state index contributed by atoms with van der Waals surface area (Å²) >= 11 is 0. The van der Waals surface area contributed by atoms with Crippen LogP contribution in [0.5, 0.6) is 5.75 Å². The van der Waals surface area contributed by atoms with Crippen molar-refractivity contribution in [2.24, 2.45) is 4.99 Å². The van der Waals surface area contributed by atoms with Gasteiger partial charge in [0.05, 0.1) is 25.5 Å². The zero-order chi connectivity index (χ0) is 21.0. The second-order valence-corrected chi connectivity index (χ2v) is 9.23. The minimum absolute atomic E-state index is 0.0483. The molecule has 8 nitrogen and oxygen atoms in total. The number of nitrogens with zero attached hydrogens (tertiary/aromatic N) is 3. The summed E-state index contributed by atoms with van der Waals surface area (Å²) in [5, 5.41) is 3.33. The zero-order valence-electron chi connectivity index (χ0n) is 17.5. The average molecular weight is 427 g/mol. The summed E-state index contributed by atoms with van der Waals surface area (Å²) < 4.78 is 33.3. The third-order valence-electron chi connectivity index (χ3n) is 4.52. The molecule has 1 saturated heterocycles. The molecule has 0 unspecified atom stereocenters. The Morgan fingerprint density at radius 3 is 2.48 bits per heavy atom. The average Bonchev–Trinajstić information content (AvgIpc) is 2.70. The lowest BCUT2D eigenvalue weighted by molar-refractivity contribution is 0.149. The summed E-state index contributed by atoms with van der Waals surface area (Å²) in [6.45, 7) is 9.34. The van der Waals surface area contributed by atoms with E-state index in [1.807, 2.05) is 30.3 Å². The Morgan fingerprint density at radius 2 is 1.83 bits per heavy atom. The van der Waals surface area contributed by atoms with Gasteiger partial charge in [0.25, 0.3) is 0 Å². The van der Waals surface area contributed by atoms with E-state index < -0.39 is 9.84 Å². The lowest BCUT2D eigenvalue weighted by atomic mass is 10.3. The second-order valence-electron chi connectivity index (χ2n) is 6.97. The number of hydrogen-bond donors (Lipinski definition) is 1. The monoisotopic (exact) mass is 426 g/mol. The number of hydrogen-bond acceptors (Lipinski definition) is 6. The van der Waals surface area contributed by atoms with Gasteiger partial charge in [0.2, 0.25) is 0 Å². The van der Waals surface area contributed by atoms with Crippen molar-refractivity contribution in [1.29, 1.82) is 0 Å². The van der Waals surface area contributed by atoms with Crippen molar-refractivity contribution in [3.63, 3.8) is 0 Å². The third kappa shape index (κ3) is 9.96. The summed E-state index contributed by atoms with van der Waals surface area (Å²) in [6, 6.07) is 9.89. The van der Waals surface area contributed by atoms with Gasteiger partial charge in [-0.15, -0.1) is 0 Å². The van der Waals surface area contributed by atoms with Gasteiger partial charge < -0.3 is 19.7 Å². The zero-order valence-corrected chi connectivity index (χ0v) is 18.4. The van der Waals surface area contributed by atoms with E-state index in [0.717, 1.165) is 51.0 Å². The highest BCUT2D eigenvalue weighted by molar-refractivity contribution is 7.90. The quantitative estimate of drug-likeness (QED) is 0.317. The molecule has 1 aromatic rings. The summed E-state index contributed by atoms with van der Waals surface area (Å²) in [4.78, 5) is 9.27. The van der Waals surface area contributed by atoms with Crippen LogP contribution in [-0.4, -0.2) is 102 Å². The second kappa shape index (κ2) is 12.7. The first-order chi connectivity index (χ1) is 14.0. The molecule has 0 saturated carbocycles. The Balaban J connectivity index is 1.67. The van der Waals surface area contributed by atoms with Gasteiger partial charge >= 0.3 is 0 Å². The van der Waals surface area contributed by atoms with Crippen LogP contribution < -0.4 is 10.1 Å². The molecule has 164 valence electrons. The molecule has 0 spiro atoms. The molecule has 29 heavy (non-hydrogen) atoms. The molecule has 1 fully saturated rings. The summed E-state index contributed by atoms with van der Waals surface area (Å²) in [5.74, 6) is 1.85. The molecule has 9 heteroatoms. The molecule has 0 aromatic heterocycles. The van der Waals surface area contributed by atoms with Crippen LogP contribution in [0.1, 0.15) is 6.92 Å². The maximum Gasteiger partial charge on any atom is 0.194 e. The van der Waals surface area contributed by atoms with Gasteiger partial charge in [0.1, 0.15) is 22.2 Å². The van der Waals surface area contributed by atoms with Crippen LogP contribution in [0.2, 0.25) is 0 Å². The molecule has 1 aliphatic heterocycles. The van der Waals surface area contributed by atoms with Crippen LogP contribution in [0.4, 0.5) is 0 Å². The van der Waals surface area contributed by atoms with Gasteiger partial charge in [0.15, 0.2) is 5.96 Å². The van der Waals surface area contributed by atoms with Crippen LogP contribution in [0.3, 0.4) is 0 Å². The summed E-state index contributed by atoms with van der Waals surface area (Å²) in [5.41, 5.74) is 0. The molecule has 0 atom stereocenters. The highest BCUT2D eigenvalue weighted by Crippen LogP contribution is 2.08. The third-order valence-corrected chi connectivity index (χ3v) is 5.43. The highest BCUT2D eigenvalue weighted by Gasteiger charge is 2.19. The molecule has 1 aliphatic rings. The molecule has 1 heterocycles. The first-order valence-electron chi connectivity index (χ1n) is 10.2. The minimum Gasteiger partial charge on any atom is -0.492 e. The lowest BCUT2D eigenvalue weighted by Crippen LogP contribution is -2.53. The SMILES string of the molecule is CCNC(=NCCOCCS(C)(=O)=O)N1CCN(CCOc2ccccc2)CC1. The first kappa shape index (κ1) is 23.4. The fourth-order valence-electron chi connectivity index (χ4n) is 2.95. The molecule has 0 bridgehead atoms. The number of aliphatic imine (C=N–C) groups is 1. The maximum atomic E-state index is 11.1. The normalized spacial score (nSPS) is 16.1. The first-order valence-corrected chi connectivity index (χ1v) is 12.2. The Hall–Kier alpha value is -1.84. The van der Waals surface area contributed by atoms with E-state index in [0.29, 0.717) is 19.8 Å². The van der Waals surface area contributed by atoms with Gasteiger partial charge in [0, 0.05) is 45.5 Å². The number of benzene rings is 1. The molecule has 2 rings (SSSR count). The Kier molecular flexibility index (Phi) is 10.2. The molecular formula is C20H34N4O4S. The number of piperazine rings is 1. The fraction of sp³-hybridized carbons (Fsp3) is 0.650. The standard InChI is InChI=1S/C20H34N4O4S/c1-3-21-20(22-9-15-27-17-18-29(2,25)26)24-12-10-23(11-13-24)14-16-28-19-7-5-4-6-8-19/h4-8H,3,9-18H2,1-2H3,(H,21,22). The van der Waals surface area contributed by atoms with E-state index in [1.165, 1.54) is 6.26 Å². The predicted molar refractivity (Wildman–Crippen MR) is 116 cm³/mol. The summed E-state index contributed by atoms with van der Waals surface area (Å²) in [6.07, 6.45) is 1.21. The van der Waals surface area contributed by atoms with Gasteiger partial charge in [-0.3, -0.25) is 9.89 Å². The lowest BCUT2D eigenvalue weighted by Gasteiger charge is -2.36. The predicted octanol–water partition coefficient (Wildman–Crippen LogP) is 0.710. The number of sulfone groups is 1. The van der Waals surface area contributed by atoms with E-state index in [9.17, 15) is 8.42 Å². The van der Waals surface area contributed by atoms with Crippen molar-refractivity contribution >= 4 is 15.8 Å². The van der Waals surface area contributed by atoms with Crippen LogP contribution in [0.25, 0.3) is 0 Å². The summed E-state index contributed by atoms with van der Waals surface area (Å²) in [7, 11) is -2.98. The van der Waals surface area contributed by atoms with Crippen molar-refractivity contribution in [2.45, 2.75) is 6.92 Å². The van der Waals surface area contributed by atoms with E-state index in [2.05, 4.69) is 27.0 Å². The van der Waals surface area contributed by atoms with Crippen molar-refractivity contribution in [3.05, 3.63) is 30.3 Å². The van der Waals surface area contributed by atoms with Crippen LogP contribution in [0, 0.1) is 0 Å². The van der Waals surface area contributed by atoms with Crippen molar-refractivity contribution in [2.75, 3.05) is 77.6 Å². The maximum absolute atomic E-state index is 11.1. The molecule has 1 aromatic carbocycles. The smallest absolute Gasteiger partial charge is 0.194 e. The van der Waals surface area contributed by atoms with E-state index >= 15 is 0 Å². The van der Waals surface area contributed by atoms with Crippen LogP contribution in [0.15, 0.2) is 35.3 Å². The van der Waals surface area contributed by atoms with E-state index in [4.69, 9.17) is 9.47 Å². The highest BCUT2D eigenvalue weighted by atomic mass is 32.2. The van der Waals surface area contributed by atoms with Gasteiger partial charge in [-0.2, -0.15) is 0 Å². The number of para-hydroxylation sites is 1. The van der Waals surface area contributed by atoms with Gasteiger partial charge in [-0.05, 0) is 19.1 Å². The number of ether oxygens (including phenoxy) is 2. The van der Waals surface area contributed by atoms with Crippen LogP contribution in [-0.2, 0) is 14.6 Å². The molecule has 0 amide bonds. The van der Waals surface area contributed by atoms with Crippen molar-refractivity contribution in [1.82, 2.24) is 15.1 Å². The Bertz CT molecular complexity index is 704. The Labute approximate surface area is 174 Å². The number of nitrogens with one attached hydrogen (secondary N) is 1. The van der Waals surface area contributed by atoms with Crippen molar-refractivity contribution < 1.29 is 17.9 Å². The molecule has 1 N–H and O–H groups in total. The van der Waals surface area contributed by atoms with Crippen LogP contribution >= 0.6 is 0 Å². The number of rotatable bonds is 11. The molecular weight excluding hydrogens is 392 g/mol.